The van der Waals surface area contributed by atoms with E-state index < -0.39 is 0 Å². The highest BCUT2D eigenvalue weighted by Gasteiger charge is 2.60. The molecule has 20 heavy (non-hydrogen) atoms. The maximum Gasteiger partial charge on any atom is 0.0684 e. The van der Waals surface area contributed by atoms with Gasteiger partial charge in [0.05, 0.1) is 5.71 Å². The van der Waals surface area contributed by atoms with Gasteiger partial charge in [-0.1, -0.05) is 24.3 Å². The van der Waals surface area contributed by atoms with Crippen LogP contribution in [-0.4, -0.2) is 5.71 Å². The third kappa shape index (κ3) is 1.19. The zero-order valence-corrected chi connectivity index (χ0v) is 11.9. The van der Waals surface area contributed by atoms with Gasteiger partial charge in [0.15, 0.2) is 0 Å². The molecule has 0 radical (unpaired) electrons. The highest BCUT2D eigenvalue weighted by molar-refractivity contribution is 6.06. The first-order valence-electron chi connectivity index (χ1n) is 8.18. The Bertz CT molecular complexity index is 573. The first-order chi connectivity index (χ1) is 9.81. The van der Waals surface area contributed by atoms with E-state index in [2.05, 4.69) is 29.4 Å². The molecular formula is C18H22N2. The van der Waals surface area contributed by atoms with Crippen molar-refractivity contribution in [2.75, 3.05) is 0 Å². The molecule has 1 aromatic carbocycles. The summed E-state index contributed by atoms with van der Waals surface area (Å²) in [6, 6.07) is 8.96. The molecule has 0 heterocycles. The zero-order chi connectivity index (χ0) is 13.3. The van der Waals surface area contributed by atoms with Gasteiger partial charge in [0, 0.05) is 17.4 Å². The minimum Gasteiger partial charge on any atom is -0.323 e. The van der Waals surface area contributed by atoms with E-state index >= 15 is 0 Å². The van der Waals surface area contributed by atoms with E-state index in [9.17, 15) is 0 Å². The van der Waals surface area contributed by atoms with Crippen molar-refractivity contribution in [3.05, 3.63) is 35.4 Å². The fraction of sp³-hybridized carbons (Fsp3) is 0.611. The number of hydrogen-bond acceptors (Lipinski definition) is 2. The molecule has 2 N–H and O–H groups in total. The van der Waals surface area contributed by atoms with Crippen molar-refractivity contribution in [3.8, 4) is 0 Å². The van der Waals surface area contributed by atoms with Crippen LogP contribution in [0.1, 0.15) is 49.7 Å². The molecule has 2 nitrogen and oxygen atoms in total. The summed E-state index contributed by atoms with van der Waals surface area (Å²) >= 11 is 0. The van der Waals surface area contributed by atoms with Crippen LogP contribution < -0.4 is 5.84 Å². The van der Waals surface area contributed by atoms with Crippen LogP contribution in [0.5, 0.6) is 0 Å². The highest BCUT2D eigenvalue weighted by atomic mass is 15.1. The maximum absolute atomic E-state index is 5.71. The van der Waals surface area contributed by atoms with E-state index in [1.807, 2.05) is 0 Å². The standard InChI is InChI=1S/C18H22N2/c19-20-17-10-18(16-4-2-1-3-15(16)17)13-6-11-5-12(8-13)9-14(18)7-11/h1-4,11-14H,5-10,19H2. The number of fused-ring (bicyclic) bond motifs is 1. The third-order valence-electron chi connectivity index (χ3n) is 6.95. The summed E-state index contributed by atoms with van der Waals surface area (Å²) in [5.74, 6) is 9.53. The van der Waals surface area contributed by atoms with E-state index in [-0.39, 0.29) is 0 Å². The topological polar surface area (TPSA) is 38.4 Å². The normalized spacial score (nSPS) is 46.3. The van der Waals surface area contributed by atoms with Crippen LogP contribution in [0.15, 0.2) is 29.4 Å². The van der Waals surface area contributed by atoms with Crippen molar-refractivity contribution in [1.82, 2.24) is 0 Å². The van der Waals surface area contributed by atoms with E-state index in [0.29, 0.717) is 5.41 Å². The third-order valence-corrected chi connectivity index (χ3v) is 6.95. The highest BCUT2D eigenvalue weighted by Crippen LogP contribution is 2.66. The summed E-state index contributed by atoms with van der Waals surface area (Å²) in [6.07, 6.45) is 8.46. The van der Waals surface area contributed by atoms with Crippen LogP contribution in [-0.2, 0) is 5.41 Å². The number of nitrogens with zero attached hydrogens (tertiary/aromatic N) is 1. The molecule has 0 aliphatic heterocycles. The predicted molar refractivity (Wildman–Crippen MR) is 80.5 cm³/mol. The van der Waals surface area contributed by atoms with Crippen LogP contribution in [0.4, 0.5) is 0 Å². The number of hydrogen-bond donors (Lipinski definition) is 1. The molecule has 5 aliphatic carbocycles. The van der Waals surface area contributed by atoms with E-state index in [1.165, 1.54) is 37.7 Å². The Hall–Kier alpha value is -1.31. The summed E-state index contributed by atoms with van der Waals surface area (Å²) in [6.45, 7) is 0. The van der Waals surface area contributed by atoms with Gasteiger partial charge in [0.2, 0.25) is 0 Å². The summed E-state index contributed by atoms with van der Waals surface area (Å²) in [7, 11) is 0. The molecule has 0 saturated heterocycles. The Labute approximate surface area is 120 Å². The first-order valence-corrected chi connectivity index (χ1v) is 8.18. The lowest BCUT2D eigenvalue weighted by Gasteiger charge is -2.60. The predicted octanol–water partition coefficient (Wildman–Crippen LogP) is 3.45. The number of rotatable bonds is 0. The van der Waals surface area contributed by atoms with Crippen molar-refractivity contribution in [2.24, 2.45) is 34.6 Å². The lowest BCUT2D eigenvalue weighted by Crippen LogP contribution is -2.54. The van der Waals surface area contributed by atoms with E-state index in [1.54, 1.807) is 5.56 Å². The van der Waals surface area contributed by atoms with Crippen molar-refractivity contribution in [1.29, 1.82) is 0 Å². The molecule has 0 unspecified atom stereocenters. The average Bonchev–Trinajstić information content (AvgIpc) is 2.80. The van der Waals surface area contributed by atoms with E-state index in [4.69, 9.17) is 5.84 Å². The van der Waals surface area contributed by atoms with Crippen LogP contribution >= 0.6 is 0 Å². The Morgan fingerprint density at radius 2 is 1.60 bits per heavy atom. The minimum absolute atomic E-state index is 0.391. The summed E-state index contributed by atoms with van der Waals surface area (Å²) in [4.78, 5) is 0. The van der Waals surface area contributed by atoms with Crippen molar-refractivity contribution >= 4 is 5.71 Å². The van der Waals surface area contributed by atoms with Gasteiger partial charge in [-0.2, -0.15) is 5.10 Å². The fourth-order valence-electron chi connectivity index (χ4n) is 6.48. The molecule has 4 bridgehead atoms. The molecule has 104 valence electrons. The van der Waals surface area contributed by atoms with Gasteiger partial charge in [-0.25, -0.2) is 0 Å². The number of hydrazone groups is 1. The lowest BCUT2D eigenvalue weighted by atomic mass is 9.44. The summed E-state index contributed by atoms with van der Waals surface area (Å²) < 4.78 is 0. The number of nitrogens with two attached hydrogens (primary N) is 1. The molecule has 0 aromatic heterocycles. The van der Waals surface area contributed by atoms with Crippen LogP contribution in [0.3, 0.4) is 0 Å². The fourth-order valence-corrected chi connectivity index (χ4v) is 6.48. The molecule has 1 spiro atoms. The molecule has 4 fully saturated rings. The zero-order valence-electron chi connectivity index (χ0n) is 11.9. The monoisotopic (exact) mass is 266 g/mol. The van der Waals surface area contributed by atoms with Crippen LogP contribution in [0, 0.1) is 23.7 Å². The van der Waals surface area contributed by atoms with Gasteiger partial charge in [0.25, 0.3) is 0 Å². The molecule has 6 rings (SSSR count). The SMILES string of the molecule is NN=C1CC2(c3ccccc31)C1CC3CC(C1)CC2C3. The molecule has 4 saturated carbocycles. The molecule has 1 aromatic rings. The lowest BCUT2D eigenvalue weighted by molar-refractivity contribution is -0.0557. The van der Waals surface area contributed by atoms with Gasteiger partial charge in [-0.3, -0.25) is 0 Å². The largest absolute Gasteiger partial charge is 0.323 e. The Morgan fingerprint density at radius 1 is 0.950 bits per heavy atom. The van der Waals surface area contributed by atoms with Gasteiger partial charge in [0.1, 0.15) is 0 Å². The second-order valence-corrected chi connectivity index (χ2v) is 7.64. The van der Waals surface area contributed by atoms with Gasteiger partial charge >= 0.3 is 0 Å². The van der Waals surface area contributed by atoms with Crippen molar-refractivity contribution < 1.29 is 0 Å². The van der Waals surface area contributed by atoms with Gasteiger partial charge in [-0.05, 0) is 61.3 Å². The summed E-state index contributed by atoms with van der Waals surface area (Å²) in [5, 5.41) is 4.15. The van der Waals surface area contributed by atoms with Crippen LogP contribution in [0.2, 0.25) is 0 Å². The maximum atomic E-state index is 5.71. The summed E-state index contributed by atoms with van der Waals surface area (Å²) in [5.41, 5.74) is 4.48. The smallest absolute Gasteiger partial charge is 0.0684 e. The first kappa shape index (κ1) is 11.4. The minimum atomic E-state index is 0.391. The van der Waals surface area contributed by atoms with Gasteiger partial charge < -0.3 is 5.84 Å². The second-order valence-electron chi connectivity index (χ2n) is 7.64. The quantitative estimate of drug-likeness (QED) is 0.567. The Morgan fingerprint density at radius 3 is 2.25 bits per heavy atom. The Kier molecular flexibility index (Phi) is 2.08. The number of benzene rings is 1. The van der Waals surface area contributed by atoms with Crippen molar-refractivity contribution in [3.63, 3.8) is 0 Å². The average molecular weight is 266 g/mol. The molecule has 2 heteroatoms. The molecule has 0 atom stereocenters. The Balaban J connectivity index is 1.71. The second kappa shape index (κ2) is 3.66. The van der Waals surface area contributed by atoms with Crippen molar-refractivity contribution in [2.45, 2.75) is 43.9 Å². The molecule has 5 aliphatic rings. The molecule has 0 amide bonds. The van der Waals surface area contributed by atoms with E-state index in [0.717, 1.165) is 35.8 Å². The van der Waals surface area contributed by atoms with Gasteiger partial charge in [-0.15, -0.1) is 0 Å². The molecular weight excluding hydrogens is 244 g/mol. The van der Waals surface area contributed by atoms with Crippen LogP contribution in [0.25, 0.3) is 0 Å².